The van der Waals surface area contributed by atoms with Gasteiger partial charge in [-0.25, -0.2) is 0 Å². The summed E-state index contributed by atoms with van der Waals surface area (Å²) >= 11 is 0. The van der Waals surface area contributed by atoms with Gasteiger partial charge in [0.1, 0.15) is 6.04 Å². The van der Waals surface area contributed by atoms with E-state index >= 15 is 0 Å². The predicted molar refractivity (Wildman–Crippen MR) is 111 cm³/mol. The number of amides is 3. The molecule has 0 bridgehead atoms. The molecule has 3 aliphatic rings. The highest BCUT2D eigenvalue weighted by Crippen LogP contribution is 2.32. The third-order valence-corrected chi connectivity index (χ3v) is 6.45. The number of carbonyl (C=O) groups is 3. The van der Waals surface area contributed by atoms with Crippen LogP contribution in [0.1, 0.15) is 45.5 Å². The summed E-state index contributed by atoms with van der Waals surface area (Å²) in [5.74, 6) is -0.774. The highest BCUT2D eigenvalue weighted by Gasteiger charge is 2.39. The van der Waals surface area contributed by atoms with Crippen molar-refractivity contribution in [1.82, 2.24) is 15.1 Å². The van der Waals surface area contributed by atoms with Crippen molar-refractivity contribution >= 4 is 23.4 Å². The van der Waals surface area contributed by atoms with Gasteiger partial charge in [0.15, 0.2) is 0 Å². The van der Waals surface area contributed by atoms with Crippen molar-refractivity contribution in [2.75, 3.05) is 12.3 Å². The number of nitrogen functional groups attached to an aromatic ring is 1. The fraction of sp³-hybridized carbons (Fsp3) is 0.348. The molecule has 7 heteroatoms. The van der Waals surface area contributed by atoms with Crippen LogP contribution < -0.4 is 11.1 Å². The molecule has 0 radical (unpaired) electrons. The number of nitrogens with zero attached hydrogens (tertiary/aromatic N) is 2. The first-order valence-electron chi connectivity index (χ1n) is 10.4. The van der Waals surface area contributed by atoms with Crippen LogP contribution in [0.2, 0.25) is 0 Å². The molecule has 0 saturated carbocycles. The number of imide groups is 1. The Bertz CT molecular complexity index is 1060. The summed E-state index contributed by atoms with van der Waals surface area (Å²) < 4.78 is 0. The van der Waals surface area contributed by atoms with E-state index < -0.39 is 6.04 Å². The van der Waals surface area contributed by atoms with Gasteiger partial charge in [0, 0.05) is 43.9 Å². The fourth-order valence-electron chi connectivity index (χ4n) is 4.87. The standard InChI is InChI=1S/C23H24N4O3/c24-19-6-2-4-14-11-26(10-9-16(14)19)12-15-3-1-5-17-18(15)13-27(23(17)30)20-7-8-21(28)25-22(20)29/h1-6,20H,7-13,24H2,(H,25,28,29). The Kier molecular flexibility index (Phi) is 4.55. The van der Waals surface area contributed by atoms with E-state index in [0.717, 1.165) is 42.9 Å². The Morgan fingerprint density at radius 1 is 1.00 bits per heavy atom. The molecule has 7 nitrogen and oxygen atoms in total. The van der Waals surface area contributed by atoms with E-state index in [2.05, 4.69) is 22.3 Å². The molecule has 1 atom stereocenters. The van der Waals surface area contributed by atoms with Crippen molar-refractivity contribution in [2.24, 2.45) is 0 Å². The first-order valence-corrected chi connectivity index (χ1v) is 10.4. The maximum absolute atomic E-state index is 13.0. The van der Waals surface area contributed by atoms with Gasteiger partial charge in [0.2, 0.25) is 11.8 Å². The second-order valence-electron chi connectivity index (χ2n) is 8.29. The van der Waals surface area contributed by atoms with E-state index in [1.807, 2.05) is 24.3 Å². The molecule has 1 fully saturated rings. The zero-order valence-corrected chi connectivity index (χ0v) is 16.7. The van der Waals surface area contributed by atoms with E-state index in [4.69, 9.17) is 5.73 Å². The topological polar surface area (TPSA) is 95.7 Å². The minimum absolute atomic E-state index is 0.127. The van der Waals surface area contributed by atoms with E-state index in [-0.39, 0.29) is 24.1 Å². The zero-order chi connectivity index (χ0) is 20.8. The lowest BCUT2D eigenvalue weighted by Gasteiger charge is -2.30. The molecule has 1 unspecified atom stereocenters. The molecule has 2 aromatic carbocycles. The van der Waals surface area contributed by atoms with Crippen molar-refractivity contribution in [1.29, 1.82) is 0 Å². The molecule has 1 saturated heterocycles. The van der Waals surface area contributed by atoms with Gasteiger partial charge in [0.25, 0.3) is 5.91 Å². The monoisotopic (exact) mass is 404 g/mol. The second kappa shape index (κ2) is 7.25. The maximum atomic E-state index is 13.0. The lowest BCUT2D eigenvalue weighted by atomic mass is 9.96. The molecule has 154 valence electrons. The number of hydrogen-bond donors (Lipinski definition) is 2. The SMILES string of the molecule is Nc1cccc2c1CCN(Cc1cccc3c1CN(C1CCC(=O)NC1=O)C3=O)C2. The van der Waals surface area contributed by atoms with E-state index in [9.17, 15) is 14.4 Å². The molecule has 0 aromatic heterocycles. The summed E-state index contributed by atoms with van der Waals surface area (Å²) in [5, 5.41) is 2.36. The fourth-order valence-corrected chi connectivity index (χ4v) is 4.87. The van der Waals surface area contributed by atoms with Crippen LogP contribution >= 0.6 is 0 Å². The van der Waals surface area contributed by atoms with Gasteiger partial charge >= 0.3 is 0 Å². The quantitative estimate of drug-likeness (QED) is 0.598. The van der Waals surface area contributed by atoms with Crippen molar-refractivity contribution in [3.05, 3.63) is 64.2 Å². The lowest BCUT2D eigenvalue weighted by Crippen LogP contribution is -2.52. The minimum Gasteiger partial charge on any atom is -0.398 e. The lowest BCUT2D eigenvalue weighted by molar-refractivity contribution is -0.136. The largest absolute Gasteiger partial charge is 0.398 e. The minimum atomic E-state index is -0.583. The Hall–Kier alpha value is -3.19. The summed E-state index contributed by atoms with van der Waals surface area (Å²) in [6.07, 6.45) is 1.56. The van der Waals surface area contributed by atoms with Crippen LogP contribution in [0.25, 0.3) is 0 Å². The van der Waals surface area contributed by atoms with Gasteiger partial charge in [-0.3, -0.25) is 24.6 Å². The summed E-state index contributed by atoms with van der Waals surface area (Å²) in [6, 6.07) is 11.3. The summed E-state index contributed by atoms with van der Waals surface area (Å²) in [4.78, 5) is 40.7. The summed E-state index contributed by atoms with van der Waals surface area (Å²) in [5.41, 5.74) is 12.3. The van der Waals surface area contributed by atoms with Crippen LogP contribution in [0.3, 0.4) is 0 Å². The number of carbonyl (C=O) groups excluding carboxylic acids is 3. The summed E-state index contributed by atoms with van der Waals surface area (Å²) in [7, 11) is 0. The number of nitrogens with one attached hydrogen (secondary N) is 1. The average molecular weight is 404 g/mol. The highest BCUT2D eigenvalue weighted by molar-refractivity contribution is 6.05. The molecule has 5 rings (SSSR count). The molecule has 3 amide bonds. The molecule has 30 heavy (non-hydrogen) atoms. The van der Waals surface area contributed by atoms with Crippen LogP contribution in [-0.2, 0) is 35.6 Å². The first kappa shape index (κ1) is 18.8. The molecular weight excluding hydrogens is 380 g/mol. The van der Waals surface area contributed by atoms with Crippen molar-refractivity contribution in [3.63, 3.8) is 0 Å². The van der Waals surface area contributed by atoms with Crippen molar-refractivity contribution in [2.45, 2.75) is 44.9 Å². The van der Waals surface area contributed by atoms with E-state index in [1.54, 1.807) is 4.90 Å². The van der Waals surface area contributed by atoms with Gasteiger partial charge in [-0.2, -0.15) is 0 Å². The number of piperidine rings is 1. The van der Waals surface area contributed by atoms with Crippen LogP contribution in [0, 0.1) is 0 Å². The number of anilines is 1. The summed E-state index contributed by atoms with van der Waals surface area (Å²) in [6.45, 7) is 2.90. The normalized spacial score (nSPS) is 21.4. The number of nitrogens with two attached hydrogens (primary N) is 1. The predicted octanol–water partition coefficient (Wildman–Crippen LogP) is 1.59. The third-order valence-electron chi connectivity index (χ3n) is 6.45. The van der Waals surface area contributed by atoms with Crippen LogP contribution in [0.5, 0.6) is 0 Å². The first-order chi connectivity index (χ1) is 14.5. The van der Waals surface area contributed by atoms with Gasteiger partial charge < -0.3 is 10.6 Å². The van der Waals surface area contributed by atoms with Crippen molar-refractivity contribution in [3.8, 4) is 0 Å². The van der Waals surface area contributed by atoms with Gasteiger partial charge in [-0.1, -0.05) is 24.3 Å². The third kappa shape index (κ3) is 3.15. The van der Waals surface area contributed by atoms with Crippen molar-refractivity contribution < 1.29 is 14.4 Å². The van der Waals surface area contributed by atoms with Gasteiger partial charge in [-0.05, 0) is 47.2 Å². The molecule has 3 aliphatic heterocycles. The smallest absolute Gasteiger partial charge is 0.255 e. The van der Waals surface area contributed by atoms with Crippen LogP contribution in [0.15, 0.2) is 36.4 Å². The number of fused-ring (bicyclic) bond motifs is 2. The van der Waals surface area contributed by atoms with Crippen LogP contribution in [0.4, 0.5) is 5.69 Å². The number of rotatable bonds is 3. The molecule has 0 spiro atoms. The molecule has 3 heterocycles. The number of benzene rings is 2. The number of hydrogen-bond acceptors (Lipinski definition) is 5. The van der Waals surface area contributed by atoms with E-state index in [0.29, 0.717) is 18.5 Å². The van der Waals surface area contributed by atoms with E-state index in [1.165, 1.54) is 11.1 Å². The highest BCUT2D eigenvalue weighted by atomic mass is 16.2. The zero-order valence-electron chi connectivity index (χ0n) is 16.7. The Morgan fingerprint density at radius 2 is 1.83 bits per heavy atom. The molecule has 3 N–H and O–H groups in total. The Morgan fingerprint density at radius 3 is 2.67 bits per heavy atom. The molecule has 0 aliphatic carbocycles. The molecule has 2 aromatic rings. The second-order valence-corrected chi connectivity index (χ2v) is 8.29. The van der Waals surface area contributed by atoms with Gasteiger partial charge in [0.05, 0.1) is 0 Å². The Labute approximate surface area is 174 Å². The average Bonchev–Trinajstić information content (AvgIpc) is 3.06. The molecular formula is C23H24N4O3. The maximum Gasteiger partial charge on any atom is 0.255 e. The van der Waals surface area contributed by atoms with Crippen LogP contribution in [-0.4, -0.2) is 40.1 Å². The Balaban J connectivity index is 1.36. The van der Waals surface area contributed by atoms with Gasteiger partial charge in [-0.15, -0.1) is 0 Å².